The van der Waals surface area contributed by atoms with E-state index in [1.807, 2.05) is 12.1 Å². The van der Waals surface area contributed by atoms with Gasteiger partial charge in [0.25, 0.3) is 11.8 Å². The fraction of sp³-hybridized carbons (Fsp3) is 0.600. The van der Waals surface area contributed by atoms with Gasteiger partial charge in [-0.2, -0.15) is 10.5 Å². The van der Waals surface area contributed by atoms with Crippen molar-refractivity contribution in [1.29, 1.82) is 10.5 Å². The Morgan fingerprint density at radius 3 is 1.23 bits per heavy atom. The fourth-order valence-corrected chi connectivity index (χ4v) is 12.2. The van der Waals surface area contributed by atoms with Crippen LogP contribution in [0.1, 0.15) is 64.2 Å². The van der Waals surface area contributed by atoms with Crippen molar-refractivity contribution in [2.75, 3.05) is 26.2 Å². The Balaban J connectivity index is 0.000000186. The molecule has 0 unspecified atom stereocenters. The number of likely N-dealkylation sites (tertiary alicyclic amines) is 2. The molecule has 8 rings (SSSR count). The van der Waals surface area contributed by atoms with Crippen LogP contribution >= 0.6 is 0 Å². The number of sulfone groups is 2. The molecule has 6 atom stereocenters. The number of carbonyl (C=O) groups is 4. The topological polar surface area (TPSA) is 240 Å². The summed E-state index contributed by atoms with van der Waals surface area (Å²) in [6.45, 7) is -1.76. The second-order valence-corrected chi connectivity index (χ2v) is 21.5. The van der Waals surface area contributed by atoms with Gasteiger partial charge in [0, 0.05) is 38.3 Å². The lowest BCUT2D eigenvalue weighted by molar-refractivity contribution is -0.141. The minimum absolute atomic E-state index is 0.132. The molecule has 2 aromatic rings. The number of nitrogens with one attached hydrogen (secondary N) is 2. The SMILES string of the molecule is N#CC1(NC(=O)[C@@H]2C[C@@H](S(=O)(=O)c3ccccn3)C[C@H]2C(=O)N2CCC(F)(F)C2)CC1.N#CC1(NC(=O)[C@@H]2C[C@H](S(=O)(=O)c3ccccn3)C[C@H]2C(=O)N2CCC(F)(F)C2)CC1. The molecule has 0 aromatic carbocycles. The number of alkyl halides is 4. The highest BCUT2D eigenvalue weighted by Gasteiger charge is 2.55. The van der Waals surface area contributed by atoms with Crippen LogP contribution in [0.25, 0.3) is 0 Å². The van der Waals surface area contributed by atoms with Crippen LogP contribution < -0.4 is 10.6 Å². The number of hydrogen-bond acceptors (Lipinski definition) is 12. The van der Waals surface area contributed by atoms with Gasteiger partial charge in [0.05, 0.1) is 59.4 Å². The van der Waals surface area contributed by atoms with Crippen molar-refractivity contribution in [2.45, 2.75) is 108 Å². The summed E-state index contributed by atoms with van der Waals surface area (Å²) >= 11 is 0. The van der Waals surface area contributed by atoms with Crippen molar-refractivity contribution >= 4 is 43.3 Å². The van der Waals surface area contributed by atoms with E-state index in [-0.39, 0.29) is 48.8 Å². The van der Waals surface area contributed by atoms with E-state index in [0.717, 1.165) is 9.80 Å². The molecule has 0 spiro atoms. The molecular weight excluding hydrogens is 861 g/mol. The molecule has 332 valence electrons. The minimum Gasteiger partial charge on any atom is -0.338 e. The molecule has 6 aliphatic rings. The molecule has 4 aliphatic carbocycles. The maximum atomic E-state index is 13.6. The van der Waals surface area contributed by atoms with E-state index in [1.54, 1.807) is 12.1 Å². The first kappa shape index (κ1) is 44.8. The monoisotopic (exact) mass is 904 g/mol. The van der Waals surface area contributed by atoms with E-state index >= 15 is 0 Å². The zero-order valence-electron chi connectivity index (χ0n) is 33.3. The van der Waals surface area contributed by atoms with Crippen LogP contribution in [0.5, 0.6) is 0 Å². The molecule has 2 saturated heterocycles. The molecule has 16 nitrogen and oxygen atoms in total. The number of aromatic nitrogens is 2. The van der Waals surface area contributed by atoms with Crippen LogP contribution in [0.2, 0.25) is 0 Å². The molecule has 2 aromatic heterocycles. The molecule has 22 heteroatoms. The quantitative estimate of drug-likeness (QED) is 0.327. The number of hydrogen-bond donors (Lipinski definition) is 2. The first-order chi connectivity index (χ1) is 29.1. The van der Waals surface area contributed by atoms with Gasteiger partial charge in [0.2, 0.25) is 23.6 Å². The van der Waals surface area contributed by atoms with Gasteiger partial charge in [-0.05, 0) is 75.6 Å². The molecule has 4 amide bonds. The van der Waals surface area contributed by atoms with E-state index < -0.39 is 126 Å². The van der Waals surface area contributed by atoms with Crippen molar-refractivity contribution in [3.8, 4) is 12.1 Å². The van der Waals surface area contributed by atoms with Gasteiger partial charge in [-0.3, -0.25) is 19.2 Å². The van der Waals surface area contributed by atoms with Crippen LogP contribution in [0.3, 0.4) is 0 Å². The Morgan fingerprint density at radius 2 is 0.952 bits per heavy atom. The maximum absolute atomic E-state index is 13.6. The summed E-state index contributed by atoms with van der Waals surface area (Å²) in [7, 11) is -7.85. The molecule has 6 fully saturated rings. The lowest BCUT2D eigenvalue weighted by Gasteiger charge is -2.24. The summed E-state index contributed by atoms with van der Waals surface area (Å²) in [5.41, 5.74) is -1.97. The van der Waals surface area contributed by atoms with Crippen LogP contribution in [0, 0.1) is 46.3 Å². The molecule has 4 heterocycles. The Hall–Kier alpha value is -5.22. The van der Waals surface area contributed by atoms with E-state index in [1.165, 1.54) is 36.7 Å². The Bertz CT molecular complexity index is 2240. The Kier molecular flexibility index (Phi) is 11.9. The number of carbonyl (C=O) groups excluding carboxylic acids is 4. The summed E-state index contributed by atoms with van der Waals surface area (Å²) in [4.78, 5) is 61.8. The summed E-state index contributed by atoms with van der Waals surface area (Å²) in [5, 5.41) is 21.4. The summed E-state index contributed by atoms with van der Waals surface area (Å²) in [5.74, 6) is -12.6. The highest BCUT2D eigenvalue weighted by molar-refractivity contribution is 7.92. The van der Waals surface area contributed by atoms with Gasteiger partial charge in [-0.1, -0.05) is 12.1 Å². The third kappa shape index (κ3) is 9.26. The second-order valence-electron chi connectivity index (χ2n) is 17.1. The molecule has 2 N–H and O–H groups in total. The number of rotatable bonds is 10. The molecule has 0 radical (unpaired) electrons. The zero-order chi connectivity index (χ0) is 44.9. The number of amides is 4. The Morgan fingerprint density at radius 1 is 0.597 bits per heavy atom. The molecule has 4 saturated carbocycles. The second kappa shape index (κ2) is 16.5. The molecule has 0 bridgehead atoms. The lowest BCUT2D eigenvalue weighted by atomic mass is 9.93. The van der Waals surface area contributed by atoms with Crippen molar-refractivity contribution in [3.63, 3.8) is 0 Å². The van der Waals surface area contributed by atoms with E-state index in [2.05, 4.69) is 20.6 Å². The largest absolute Gasteiger partial charge is 0.338 e. The first-order valence-electron chi connectivity index (χ1n) is 20.2. The van der Waals surface area contributed by atoms with Crippen molar-refractivity contribution in [2.24, 2.45) is 23.7 Å². The van der Waals surface area contributed by atoms with Gasteiger partial charge in [-0.15, -0.1) is 0 Å². The average molecular weight is 905 g/mol. The van der Waals surface area contributed by atoms with Crippen LogP contribution in [0.15, 0.2) is 58.8 Å². The fourth-order valence-electron chi connectivity index (χ4n) is 8.74. The van der Waals surface area contributed by atoms with Crippen molar-refractivity contribution in [3.05, 3.63) is 48.8 Å². The van der Waals surface area contributed by atoms with E-state index in [4.69, 9.17) is 0 Å². The number of halogens is 4. The predicted molar refractivity (Wildman–Crippen MR) is 207 cm³/mol. The van der Waals surface area contributed by atoms with Gasteiger partial charge in [0.15, 0.2) is 29.7 Å². The Labute approximate surface area is 355 Å². The summed E-state index contributed by atoms with van der Waals surface area (Å²) in [6, 6.07) is 12.9. The molecule has 2 aliphatic heterocycles. The van der Waals surface area contributed by atoms with Gasteiger partial charge >= 0.3 is 0 Å². The van der Waals surface area contributed by atoms with Crippen molar-refractivity contribution < 1.29 is 53.6 Å². The maximum Gasteiger partial charge on any atom is 0.267 e. The van der Waals surface area contributed by atoms with Gasteiger partial charge < -0.3 is 20.4 Å². The van der Waals surface area contributed by atoms with Gasteiger partial charge in [-0.25, -0.2) is 44.4 Å². The van der Waals surface area contributed by atoms with Crippen molar-refractivity contribution in [1.82, 2.24) is 30.4 Å². The third-order valence-corrected chi connectivity index (χ3v) is 16.9. The first-order valence-corrected chi connectivity index (χ1v) is 23.3. The zero-order valence-corrected chi connectivity index (χ0v) is 34.9. The summed E-state index contributed by atoms with van der Waals surface area (Å²) in [6.07, 6.45) is 3.10. The van der Waals surface area contributed by atoms with Crippen LogP contribution in [-0.4, -0.2) is 120 Å². The molecule has 62 heavy (non-hydrogen) atoms. The standard InChI is InChI=1S/2C20H22F2N4O4S/c2*21-20(22)6-8-26(12-20)18(28)15-10-13(31(29,30)16-3-1-2-7-24-16)9-14(15)17(27)25-19(11-23)4-5-19/h2*1-3,7,13-15H,4-6,8-10,12H2,(H,25,27)/t13-,14+,15+;13-,14-,15-/m01/s1. The smallest absolute Gasteiger partial charge is 0.267 e. The predicted octanol–water partition coefficient (Wildman–Crippen LogP) is 2.58. The minimum atomic E-state index is -3.93. The van der Waals surface area contributed by atoms with Crippen LogP contribution in [-0.2, 0) is 38.9 Å². The van der Waals surface area contributed by atoms with E-state index in [9.17, 15) is 64.1 Å². The highest BCUT2D eigenvalue weighted by Crippen LogP contribution is 2.44. The summed E-state index contributed by atoms with van der Waals surface area (Å²) < 4.78 is 107. The van der Waals surface area contributed by atoms with Gasteiger partial charge in [0.1, 0.15) is 11.1 Å². The number of pyridine rings is 2. The van der Waals surface area contributed by atoms with E-state index in [0.29, 0.717) is 25.7 Å². The average Bonchev–Trinajstić information content (AvgIpc) is 3.90. The lowest BCUT2D eigenvalue weighted by Crippen LogP contribution is -2.45. The highest BCUT2D eigenvalue weighted by atomic mass is 32.2. The number of nitriles is 2. The normalized spacial score (nSPS) is 28.7. The number of nitrogens with zero attached hydrogens (tertiary/aromatic N) is 6. The third-order valence-electron chi connectivity index (χ3n) is 12.7. The van der Waals surface area contributed by atoms with Crippen LogP contribution in [0.4, 0.5) is 17.6 Å². The molecular formula is C40H44F4N8O8S2.